The lowest BCUT2D eigenvalue weighted by molar-refractivity contribution is 0.0654. The van der Waals surface area contributed by atoms with Gasteiger partial charge in [0.2, 0.25) is 0 Å². The molecular formula is C19H27N5O. The van der Waals surface area contributed by atoms with E-state index in [0.717, 1.165) is 61.6 Å². The quantitative estimate of drug-likeness (QED) is 0.922. The van der Waals surface area contributed by atoms with Crippen LogP contribution < -0.4 is 5.32 Å². The van der Waals surface area contributed by atoms with Crippen molar-refractivity contribution >= 4 is 16.9 Å². The maximum absolute atomic E-state index is 5.77. The molecule has 0 bridgehead atoms. The molecule has 2 fully saturated rings. The Bertz CT molecular complexity index is 736. The first-order valence-corrected chi connectivity index (χ1v) is 9.38. The molecule has 0 aromatic carbocycles. The monoisotopic (exact) mass is 341 g/mol. The molecule has 0 spiro atoms. The summed E-state index contributed by atoms with van der Waals surface area (Å²) >= 11 is 0. The van der Waals surface area contributed by atoms with Crippen LogP contribution in [0, 0.1) is 13.8 Å². The summed E-state index contributed by atoms with van der Waals surface area (Å²) in [5, 5.41) is 4.70. The second kappa shape index (κ2) is 7.22. The minimum atomic E-state index is 0.451. The third-order valence-corrected chi connectivity index (χ3v) is 5.34. The predicted molar refractivity (Wildman–Crippen MR) is 98.9 cm³/mol. The van der Waals surface area contributed by atoms with Gasteiger partial charge in [-0.1, -0.05) is 0 Å². The molecule has 1 atom stereocenters. The minimum Gasteiger partial charge on any atom is -0.377 e. The highest BCUT2D eigenvalue weighted by molar-refractivity contribution is 5.89. The van der Waals surface area contributed by atoms with Gasteiger partial charge in [-0.25, -0.2) is 15.0 Å². The van der Waals surface area contributed by atoms with Crippen LogP contribution in [0.15, 0.2) is 12.4 Å². The Labute approximate surface area is 149 Å². The zero-order chi connectivity index (χ0) is 17.2. The summed E-state index contributed by atoms with van der Waals surface area (Å²) in [7, 11) is 0. The van der Waals surface area contributed by atoms with Gasteiger partial charge < -0.3 is 15.0 Å². The van der Waals surface area contributed by atoms with Crippen LogP contribution in [0.1, 0.15) is 36.9 Å². The first-order valence-electron chi connectivity index (χ1n) is 9.38. The number of fused-ring (bicyclic) bond motifs is 1. The van der Waals surface area contributed by atoms with E-state index in [1.165, 1.54) is 18.4 Å². The van der Waals surface area contributed by atoms with Gasteiger partial charge in [-0.15, -0.1) is 0 Å². The average Bonchev–Trinajstić information content (AvgIpc) is 3.09. The van der Waals surface area contributed by atoms with Crippen molar-refractivity contribution in [2.45, 2.75) is 51.7 Å². The zero-order valence-corrected chi connectivity index (χ0v) is 15.2. The molecule has 0 aliphatic carbocycles. The highest BCUT2D eigenvalue weighted by atomic mass is 16.5. The Morgan fingerprint density at radius 3 is 2.80 bits per heavy atom. The Kier molecular flexibility index (Phi) is 4.81. The van der Waals surface area contributed by atoms with E-state index in [-0.39, 0.29) is 0 Å². The van der Waals surface area contributed by atoms with E-state index in [0.29, 0.717) is 12.1 Å². The highest BCUT2D eigenvalue weighted by Gasteiger charge is 2.24. The molecule has 1 N–H and O–H groups in total. The van der Waals surface area contributed by atoms with Crippen molar-refractivity contribution in [1.82, 2.24) is 19.9 Å². The van der Waals surface area contributed by atoms with Gasteiger partial charge in [-0.05, 0) is 51.2 Å². The number of pyridine rings is 1. The van der Waals surface area contributed by atoms with E-state index in [4.69, 9.17) is 4.74 Å². The Hall–Kier alpha value is -1.79. The van der Waals surface area contributed by atoms with Crippen LogP contribution >= 0.6 is 0 Å². The largest absolute Gasteiger partial charge is 0.377 e. The zero-order valence-electron chi connectivity index (χ0n) is 15.2. The van der Waals surface area contributed by atoms with Crippen LogP contribution in [0.25, 0.3) is 11.0 Å². The number of anilines is 1. The Balaban J connectivity index is 1.41. The fourth-order valence-electron chi connectivity index (χ4n) is 4.05. The summed E-state index contributed by atoms with van der Waals surface area (Å²) in [4.78, 5) is 15.9. The van der Waals surface area contributed by atoms with Crippen LogP contribution in [0.3, 0.4) is 0 Å². The molecule has 4 heterocycles. The van der Waals surface area contributed by atoms with Crippen LogP contribution in [0.5, 0.6) is 0 Å². The third-order valence-electron chi connectivity index (χ3n) is 5.34. The molecule has 25 heavy (non-hydrogen) atoms. The molecule has 0 unspecified atom stereocenters. The summed E-state index contributed by atoms with van der Waals surface area (Å²) < 4.78 is 5.77. The molecule has 2 aliphatic rings. The Morgan fingerprint density at radius 1 is 1.20 bits per heavy atom. The number of piperidine rings is 1. The summed E-state index contributed by atoms with van der Waals surface area (Å²) in [6.45, 7) is 8.39. The number of likely N-dealkylation sites (tertiary alicyclic amines) is 1. The smallest absolute Gasteiger partial charge is 0.165 e. The second-order valence-electron chi connectivity index (χ2n) is 7.36. The predicted octanol–water partition coefficient (Wildman–Crippen LogP) is 2.70. The standard InChI is InChI=1S/C19H27N5O/c1-13-10-14(2)22-18-17(13)19(21-12-20-18)23-15-5-7-24(8-6-15)11-16-4-3-9-25-16/h10,12,15-16H,3-9,11H2,1-2H3,(H,20,21,22,23)/t16-/m0/s1. The number of aryl methyl sites for hydroxylation is 2. The van der Waals surface area contributed by atoms with E-state index >= 15 is 0 Å². The molecule has 0 saturated carbocycles. The molecule has 6 nitrogen and oxygen atoms in total. The number of rotatable bonds is 4. The third kappa shape index (κ3) is 3.75. The van der Waals surface area contributed by atoms with Crippen molar-refractivity contribution in [3.63, 3.8) is 0 Å². The van der Waals surface area contributed by atoms with Crippen molar-refractivity contribution in [2.24, 2.45) is 0 Å². The molecular weight excluding hydrogens is 314 g/mol. The highest BCUT2D eigenvalue weighted by Crippen LogP contribution is 2.25. The molecule has 4 rings (SSSR count). The molecule has 6 heteroatoms. The molecule has 134 valence electrons. The van der Waals surface area contributed by atoms with Crippen molar-refractivity contribution in [2.75, 3.05) is 31.6 Å². The topological polar surface area (TPSA) is 63.2 Å². The maximum Gasteiger partial charge on any atom is 0.165 e. The molecule has 2 saturated heterocycles. The molecule has 0 amide bonds. The van der Waals surface area contributed by atoms with Gasteiger partial charge in [0, 0.05) is 38.0 Å². The van der Waals surface area contributed by atoms with Gasteiger partial charge in [0.05, 0.1) is 11.5 Å². The minimum absolute atomic E-state index is 0.451. The van der Waals surface area contributed by atoms with Crippen molar-refractivity contribution in [1.29, 1.82) is 0 Å². The van der Waals surface area contributed by atoms with E-state index < -0.39 is 0 Å². The van der Waals surface area contributed by atoms with Crippen LogP contribution in [-0.2, 0) is 4.74 Å². The second-order valence-corrected chi connectivity index (χ2v) is 7.36. The summed E-state index contributed by atoms with van der Waals surface area (Å²) in [6.07, 6.45) is 6.77. The van der Waals surface area contributed by atoms with E-state index in [1.54, 1.807) is 6.33 Å². The van der Waals surface area contributed by atoms with Crippen molar-refractivity contribution < 1.29 is 4.74 Å². The first-order chi connectivity index (χ1) is 12.2. The van der Waals surface area contributed by atoms with E-state index in [9.17, 15) is 0 Å². The SMILES string of the molecule is Cc1cc(C)c2c(NC3CCN(C[C@@H]4CCCO4)CC3)ncnc2n1. The van der Waals surface area contributed by atoms with Crippen molar-refractivity contribution in [3.05, 3.63) is 23.7 Å². The lowest BCUT2D eigenvalue weighted by atomic mass is 10.0. The lowest BCUT2D eigenvalue weighted by Crippen LogP contribution is -2.42. The van der Waals surface area contributed by atoms with Crippen LogP contribution in [0.4, 0.5) is 5.82 Å². The van der Waals surface area contributed by atoms with Gasteiger partial charge in [0.25, 0.3) is 0 Å². The number of hydrogen-bond acceptors (Lipinski definition) is 6. The summed E-state index contributed by atoms with van der Waals surface area (Å²) in [5.41, 5.74) is 2.96. The number of ether oxygens (including phenoxy) is 1. The summed E-state index contributed by atoms with van der Waals surface area (Å²) in [5.74, 6) is 0.924. The number of hydrogen-bond donors (Lipinski definition) is 1. The average molecular weight is 341 g/mol. The first kappa shape index (κ1) is 16.7. The molecule has 0 radical (unpaired) electrons. The summed E-state index contributed by atoms with van der Waals surface area (Å²) in [6, 6.07) is 2.56. The number of nitrogens with one attached hydrogen (secondary N) is 1. The maximum atomic E-state index is 5.77. The molecule has 2 aromatic heterocycles. The van der Waals surface area contributed by atoms with Gasteiger partial charge in [0.15, 0.2) is 5.65 Å². The molecule has 2 aromatic rings. The van der Waals surface area contributed by atoms with Gasteiger partial charge in [0.1, 0.15) is 12.1 Å². The lowest BCUT2D eigenvalue weighted by Gasteiger charge is -2.34. The molecule has 2 aliphatic heterocycles. The van der Waals surface area contributed by atoms with Gasteiger partial charge in [-0.3, -0.25) is 0 Å². The van der Waals surface area contributed by atoms with E-state index in [1.807, 2.05) is 6.92 Å². The van der Waals surface area contributed by atoms with Crippen LogP contribution in [0.2, 0.25) is 0 Å². The fourth-order valence-corrected chi connectivity index (χ4v) is 4.05. The van der Waals surface area contributed by atoms with Gasteiger partial charge >= 0.3 is 0 Å². The van der Waals surface area contributed by atoms with Crippen molar-refractivity contribution in [3.8, 4) is 0 Å². The van der Waals surface area contributed by atoms with Crippen LogP contribution in [-0.4, -0.2) is 58.2 Å². The normalized spacial score (nSPS) is 22.6. The van der Waals surface area contributed by atoms with E-state index in [2.05, 4.69) is 38.2 Å². The number of nitrogens with zero attached hydrogens (tertiary/aromatic N) is 4. The number of aromatic nitrogens is 3. The van der Waals surface area contributed by atoms with Gasteiger partial charge in [-0.2, -0.15) is 0 Å². The fraction of sp³-hybridized carbons (Fsp3) is 0.632. The Morgan fingerprint density at radius 2 is 2.04 bits per heavy atom.